The van der Waals surface area contributed by atoms with E-state index in [4.69, 9.17) is 4.74 Å². The van der Waals surface area contributed by atoms with Gasteiger partial charge < -0.3 is 14.7 Å². The van der Waals surface area contributed by atoms with Crippen molar-refractivity contribution in [2.45, 2.75) is 44.8 Å². The maximum absolute atomic E-state index is 11.0. The number of piperidine rings is 1. The number of likely N-dealkylation sites (tertiary alicyclic amines) is 1. The minimum Gasteiger partial charge on any atom is -0.494 e. The third kappa shape index (κ3) is 7.99. The summed E-state index contributed by atoms with van der Waals surface area (Å²) in [5, 5.41) is 11.0. The maximum Gasteiger partial charge on any atom is 0.119 e. The van der Waals surface area contributed by atoms with Gasteiger partial charge in [0.15, 0.2) is 0 Å². The fourth-order valence-electron chi connectivity index (χ4n) is 3.74. The van der Waals surface area contributed by atoms with Crippen molar-refractivity contribution in [3.8, 4) is 5.75 Å². The highest BCUT2D eigenvalue weighted by molar-refractivity contribution is 5.85. The summed E-state index contributed by atoms with van der Waals surface area (Å²) >= 11 is 0. The summed E-state index contributed by atoms with van der Waals surface area (Å²) in [5.74, 6) is 0.920. The fraction of sp³-hybridized carbons (Fsp3) is 0.500. The molecule has 0 aliphatic carbocycles. The third-order valence-electron chi connectivity index (χ3n) is 5.70. The van der Waals surface area contributed by atoms with Crippen LogP contribution in [0.5, 0.6) is 5.75 Å². The second-order valence-corrected chi connectivity index (χ2v) is 8.00. The minimum atomic E-state index is -0.550. The largest absolute Gasteiger partial charge is 0.494 e. The molecule has 3 rings (SSSR count). The average Bonchev–Trinajstić information content (AvgIpc) is 2.73. The second kappa shape index (κ2) is 13.1. The SMILES string of the molecule is CCCOc1ccc(N(C)CCC2(O)CCN(Cc3ccccc3)CC2)cc1.Cl.Cl. The number of hydrogen-bond donors (Lipinski definition) is 1. The quantitative estimate of drug-likeness (QED) is 0.566. The summed E-state index contributed by atoms with van der Waals surface area (Å²) in [4.78, 5) is 4.67. The molecule has 1 N–H and O–H groups in total. The first kappa shape index (κ1) is 26.6. The Labute approximate surface area is 194 Å². The van der Waals surface area contributed by atoms with Crippen molar-refractivity contribution in [3.05, 3.63) is 60.2 Å². The molecule has 30 heavy (non-hydrogen) atoms. The summed E-state index contributed by atoms with van der Waals surface area (Å²) in [6.45, 7) is 6.60. The molecule has 1 fully saturated rings. The van der Waals surface area contributed by atoms with E-state index in [1.807, 2.05) is 12.1 Å². The van der Waals surface area contributed by atoms with E-state index in [0.29, 0.717) is 0 Å². The molecule has 1 aliphatic rings. The molecule has 1 aliphatic heterocycles. The Kier molecular flexibility index (Phi) is 11.6. The van der Waals surface area contributed by atoms with E-state index >= 15 is 0 Å². The Hall–Kier alpha value is -1.46. The zero-order valence-electron chi connectivity index (χ0n) is 18.1. The topological polar surface area (TPSA) is 35.9 Å². The molecule has 2 aromatic carbocycles. The van der Waals surface area contributed by atoms with Gasteiger partial charge in [0.25, 0.3) is 0 Å². The highest BCUT2D eigenvalue weighted by Crippen LogP contribution is 2.28. The van der Waals surface area contributed by atoms with Crippen molar-refractivity contribution in [2.24, 2.45) is 0 Å². The van der Waals surface area contributed by atoms with Gasteiger partial charge in [0, 0.05) is 38.9 Å². The minimum absolute atomic E-state index is 0. The van der Waals surface area contributed by atoms with Crippen LogP contribution in [0.2, 0.25) is 0 Å². The molecular formula is C24H36Cl2N2O2. The number of nitrogens with zero attached hydrogens (tertiary/aromatic N) is 2. The molecule has 0 saturated carbocycles. The van der Waals surface area contributed by atoms with Gasteiger partial charge in [-0.15, -0.1) is 24.8 Å². The van der Waals surface area contributed by atoms with Crippen LogP contribution in [0.3, 0.4) is 0 Å². The lowest BCUT2D eigenvalue weighted by Crippen LogP contribution is -2.45. The van der Waals surface area contributed by atoms with Crippen LogP contribution in [-0.4, -0.2) is 48.9 Å². The molecule has 0 atom stereocenters. The molecule has 1 saturated heterocycles. The number of rotatable bonds is 9. The number of ether oxygens (including phenoxy) is 1. The van der Waals surface area contributed by atoms with Gasteiger partial charge in [-0.05, 0) is 55.5 Å². The molecule has 4 nitrogen and oxygen atoms in total. The molecule has 2 aromatic rings. The van der Waals surface area contributed by atoms with Crippen molar-refractivity contribution in [2.75, 3.05) is 38.2 Å². The highest BCUT2D eigenvalue weighted by atomic mass is 35.5. The first-order chi connectivity index (χ1) is 13.6. The van der Waals surface area contributed by atoms with Gasteiger partial charge in [-0.25, -0.2) is 0 Å². The predicted molar refractivity (Wildman–Crippen MR) is 131 cm³/mol. The van der Waals surface area contributed by atoms with Crippen LogP contribution in [0.15, 0.2) is 54.6 Å². The van der Waals surface area contributed by atoms with E-state index in [2.05, 4.69) is 66.2 Å². The van der Waals surface area contributed by atoms with Crippen LogP contribution in [0.4, 0.5) is 5.69 Å². The molecule has 0 unspecified atom stereocenters. The number of aliphatic hydroxyl groups is 1. The molecule has 0 bridgehead atoms. The van der Waals surface area contributed by atoms with Gasteiger partial charge in [0.05, 0.1) is 12.2 Å². The van der Waals surface area contributed by atoms with Crippen molar-refractivity contribution in [1.29, 1.82) is 0 Å². The van der Waals surface area contributed by atoms with Gasteiger partial charge in [-0.3, -0.25) is 4.90 Å². The van der Waals surface area contributed by atoms with Crippen LogP contribution in [0, 0.1) is 0 Å². The molecule has 6 heteroatoms. The standard InChI is InChI=1S/C24H34N2O2.2ClH/c1-3-19-28-23-11-9-22(10-12-23)25(2)16-13-24(27)14-17-26(18-15-24)20-21-7-5-4-6-8-21;;/h4-12,27H,3,13-20H2,1-2H3;2*1H. The molecule has 1 heterocycles. The van der Waals surface area contributed by atoms with Gasteiger partial charge in [0.2, 0.25) is 0 Å². The van der Waals surface area contributed by atoms with E-state index in [0.717, 1.165) is 69.9 Å². The Bertz CT molecular complexity index is 705. The number of anilines is 1. The molecule has 0 amide bonds. The Morgan fingerprint density at radius 1 is 1.00 bits per heavy atom. The molecule has 0 aromatic heterocycles. The van der Waals surface area contributed by atoms with E-state index in [1.54, 1.807) is 0 Å². The fourth-order valence-corrected chi connectivity index (χ4v) is 3.74. The maximum atomic E-state index is 11.0. The Morgan fingerprint density at radius 3 is 2.23 bits per heavy atom. The lowest BCUT2D eigenvalue weighted by atomic mass is 9.88. The van der Waals surface area contributed by atoms with Crippen molar-refractivity contribution in [1.82, 2.24) is 4.90 Å². The second-order valence-electron chi connectivity index (χ2n) is 8.00. The first-order valence-corrected chi connectivity index (χ1v) is 10.5. The summed E-state index contributed by atoms with van der Waals surface area (Å²) < 4.78 is 5.65. The molecular weight excluding hydrogens is 419 g/mol. The summed E-state index contributed by atoms with van der Waals surface area (Å²) in [6, 6.07) is 18.8. The number of halogens is 2. The van der Waals surface area contributed by atoms with Gasteiger partial charge in [-0.2, -0.15) is 0 Å². The van der Waals surface area contributed by atoms with E-state index in [9.17, 15) is 5.11 Å². The lowest BCUT2D eigenvalue weighted by molar-refractivity contribution is -0.0275. The lowest BCUT2D eigenvalue weighted by Gasteiger charge is -2.39. The average molecular weight is 455 g/mol. The first-order valence-electron chi connectivity index (χ1n) is 10.5. The molecule has 0 spiro atoms. The van der Waals surface area contributed by atoms with Crippen molar-refractivity contribution in [3.63, 3.8) is 0 Å². The number of benzene rings is 2. The zero-order chi connectivity index (χ0) is 19.8. The van der Waals surface area contributed by atoms with Crippen LogP contribution >= 0.6 is 24.8 Å². The van der Waals surface area contributed by atoms with Gasteiger partial charge >= 0.3 is 0 Å². The predicted octanol–water partition coefficient (Wildman–Crippen LogP) is 5.17. The monoisotopic (exact) mass is 454 g/mol. The molecule has 0 radical (unpaired) electrons. The molecule has 168 valence electrons. The third-order valence-corrected chi connectivity index (χ3v) is 5.70. The van der Waals surface area contributed by atoms with Crippen LogP contribution in [-0.2, 0) is 6.54 Å². The van der Waals surface area contributed by atoms with E-state index in [-0.39, 0.29) is 24.8 Å². The zero-order valence-corrected chi connectivity index (χ0v) is 19.8. The van der Waals surface area contributed by atoms with Crippen LogP contribution in [0.1, 0.15) is 38.2 Å². The summed E-state index contributed by atoms with van der Waals surface area (Å²) in [7, 11) is 2.09. The van der Waals surface area contributed by atoms with Gasteiger partial charge in [-0.1, -0.05) is 37.3 Å². The normalized spacial score (nSPS) is 15.6. The van der Waals surface area contributed by atoms with Crippen LogP contribution in [0.25, 0.3) is 0 Å². The Balaban J connectivity index is 0.00000225. The van der Waals surface area contributed by atoms with Crippen LogP contribution < -0.4 is 9.64 Å². The van der Waals surface area contributed by atoms with E-state index < -0.39 is 5.60 Å². The van der Waals surface area contributed by atoms with E-state index in [1.165, 1.54) is 5.56 Å². The smallest absolute Gasteiger partial charge is 0.119 e. The summed E-state index contributed by atoms with van der Waals surface area (Å²) in [5.41, 5.74) is 1.96. The van der Waals surface area contributed by atoms with Gasteiger partial charge in [0.1, 0.15) is 5.75 Å². The highest BCUT2D eigenvalue weighted by Gasteiger charge is 2.32. The van der Waals surface area contributed by atoms with Crippen molar-refractivity contribution >= 4 is 30.5 Å². The number of hydrogen-bond acceptors (Lipinski definition) is 4. The Morgan fingerprint density at radius 2 is 1.63 bits per heavy atom. The van der Waals surface area contributed by atoms with Crippen molar-refractivity contribution < 1.29 is 9.84 Å². The summed E-state index contributed by atoms with van der Waals surface area (Å²) in [6.07, 6.45) is 3.51.